The number of rotatable bonds is 3. The standard InChI is InChI=1S/C9H11Br2NS/c1-5(2)8(12-3)6-4-7(10)13-9(6)11/h4,8,12H,1H2,2-3H3. The van der Waals surface area contributed by atoms with Crippen molar-refractivity contribution >= 4 is 43.2 Å². The quantitative estimate of drug-likeness (QED) is 0.825. The zero-order valence-corrected chi connectivity index (χ0v) is 11.5. The summed E-state index contributed by atoms with van der Waals surface area (Å²) in [6, 6.07) is 2.35. The highest BCUT2D eigenvalue weighted by molar-refractivity contribution is 9.12. The van der Waals surface area contributed by atoms with Gasteiger partial charge in [0.25, 0.3) is 0 Å². The van der Waals surface area contributed by atoms with Crippen LogP contribution in [0.1, 0.15) is 18.5 Å². The van der Waals surface area contributed by atoms with Gasteiger partial charge in [-0.2, -0.15) is 0 Å². The summed E-state index contributed by atoms with van der Waals surface area (Å²) in [5.41, 5.74) is 2.36. The second-order valence-electron chi connectivity index (χ2n) is 2.85. The van der Waals surface area contributed by atoms with Crippen LogP contribution in [0, 0.1) is 0 Å². The van der Waals surface area contributed by atoms with E-state index in [1.54, 1.807) is 11.3 Å². The topological polar surface area (TPSA) is 12.0 Å². The molecule has 72 valence electrons. The maximum Gasteiger partial charge on any atom is 0.0761 e. The lowest BCUT2D eigenvalue weighted by Gasteiger charge is -2.15. The smallest absolute Gasteiger partial charge is 0.0761 e. The van der Waals surface area contributed by atoms with Crippen molar-refractivity contribution in [3.8, 4) is 0 Å². The van der Waals surface area contributed by atoms with Gasteiger partial charge in [0.05, 0.1) is 13.6 Å². The molecule has 1 heterocycles. The first-order chi connectivity index (χ1) is 6.06. The van der Waals surface area contributed by atoms with Gasteiger partial charge in [-0.1, -0.05) is 12.2 Å². The van der Waals surface area contributed by atoms with Crippen molar-refractivity contribution in [3.63, 3.8) is 0 Å². The van der Waals surface area contributed by atoms with Gasteiger partial charge in [-0.05, 0) is 57.5 Å². The van der Waals surface area contributed by atoms with Crippen molar-refractivity contribution in [2.24, 2.45) is 0 Å². The average molecular weight is 325 g/mol. The number of halogens is 2. The summed E-state index contributed by atoms with van der Waals surface area (Å²) in [5, 5.41) is 3.23. The molecular weight excluding hydrogens is 314 g/mol. The molecule has 1 unspecified atom stereocenters. The fraction of sp³-hybridized carbons (Fsp3) is 0.333. The molecule has 0 fully saturated rings. The molecule has 1 rings (SSSR count). The van der Waals surface area contributed by atoms with E-state index in [1.165, 1.54) is 5.56 Å². The van der Waals surface area contributed by atoms with E-state index in [1.807, 2.05) is 14.0 Å². The Kier molecular flexibility index (Phi) is 4.16. The number of likely N-dealkylation sites (N-methyl/N-ethyl adjacent to an activating group) is 1. The van der Waals surface area contributed by atoms with Gasteiger partial charge >= 0.3 is 0 Å². The van der Waals surface area contributed by atoms with E-state index in [0.717, 1.165) is 13.1 Å². The van der Waals surface area contributed by atoms with E-state index in [4.69, 9.17) is 0 Å². The number of nitrogens with one attached hydrogen (secondary N) is 1. The van der Waals surface area contributed by atoms with Crippen LogP contribution in [-0.2, 0) is 0 Å². The molecule has 1 N–H and O–H groups in total. The van der Waals surface area contributed by atoms with Gasteiger partial charge in [0, 0.05) is 0 Å². The largest absolute Gasteiger partial charge is 0.310 e. The van der Waals surface area contributed by atoms with E-state index in [9.17, 15) is 0 Å². The Morgan fingerprint density at radius 1 is 1.62 bits per heavy atom. The molecule has 1 aromatic rings. The molecule has 0 aliphatic heterocycles. The Labute approximate surface area is 99.5 Å². The summed E-state index contributed by atoms with van der Waals surface area (Å²) < 4.78 is 2.29. The summed E-state index contributed by atoms with van der Waals surface area (Å²) in [6.07, 6.45) is 0. The minimum Gasteiger partial charge on any atom is -0.310 e. The minimum absolute atomic E-state index is 0.233. The summed E-state index contributed by atoms with van der Waals surface area (Å²) in [5.74, 6) is 0. The predicted molar refractivity (Wildman–Crippen MR) is 66.3 cm³/mol. The maximum atomic E-state index is 3.96. The van der Waals surface area contributed by atoms with Crippen molar-refractivity contribution in [1.29, 1.82) is 0 Å². The summed E-state index contributed by atoms with van der Waals surface area (Å²) in [4.78, 5) is 0. The Morgan fingerprint density at radius 3 is 2.54 bits per heavy atom. The summed E-state index contributed by atoms with van der Waals surface area (Å²) in [6.45, 7) is 5.99. The summed E-state index contributed by atoms with van der Waals surface area (Å²) >= 11 is 8.68. The first-order valence-electron chi connectivity index (χ1n) is 3.83. The average Bonchev–Trinajstić information content (AvgIpc) is 2.31. The Hall–Kier alpha value is 0.360. The van der Waals surface area contributed by atoms with Gasteiger partial charge in [0.2, 0.25) is 0 Å². The molecule has 0 aromatic carbocycles. The number of hydrogen-bond acceptors (Lipinski definition) is 2. The minimum atomic E-state index is 0.233. The van der Waals surface area contributed by atoms with Crippen molar-refractivity contribution in [2.75, 3.05) is 7.05 Å². The molecule has 1 aromatic heterocycles. The summed E-state index contributed by atoms with van der Waals surface area (Å²) in [7, 11) is 1.94. The lowest BCUT2D eigenvalue weighted by molar-refractivity contribution is 0.680. The van der Waals surface area contributed by atoms with Gasteiger partial charge < -0.3 is 5.32 Å². The second kappa shape index (κ2) is 4.73. The van der Waals surface area contributed by atoms with Crippen LogP contribution in [0.3, 0.4) is 0 Å². The van der Waals surface area contributed by atoms with E-state index < -0.39 is 0 Å². The van der Waals surface area contributed by atoms with Crippen LogP contribution in [0.4, 0.5) is 0 Å². The van der Waals surface area contributed by atoms with Crippen LogP contribution < -0.4 is 5.32 Å². The molecule has 0 saturated heterocycles. The molecule has 0 aliphatic carbocycles. The molecular formula is C9H11Br2NS. The lowest BCUT2D eigenvalue weighted by atomic mass is 10.1. The van der Waals surface area contributed by atoms with Crippen LogP contribution in [0.5, 0.6) is 0 Å². The normalized spacial score (nSPS) is 12.9. The second-order valence-corrected chi connectivity index (χ2v) is 6.60. The fourth-order valence-electron chi connectivity index (χ4n) is 1.22. The van der Waals surface area contributed by atoms with Crippen molar-refractivity contribution in [3.05, 3.63) is 31.4 Å². The lowest BCUT2D eigenvalue weighted by Crippen LogP contribution is -2.16. The van der Waals surface area contributed by atoms with Crippen LogP contribution in [-0.4, -0.2) is 7.05 Å². The third kappa shape index (κ3) is 2.65. The fourth-order valence-corrected chi connectivity index (χ4v) is 4.12. The van der Waals surface area contributed by atoms with Crippen LogP contribution >= 0.6 is 43.2 Å². The Balaban J connectivity index is 3.04. The highest BCUT2D eigenvalue weighted by Crippen LogP contribution is 2.37. The Morgan fingerprint density at radius 2 is 2.23 bits per heavy atom. The van der Waals surface area contributed by atoms with Gasteiger partial charge in [-0.15, -0.1) is 11.3 Å². The molecule has 4 heteroatoms. The molecule has 1 atom stereocenters. The SMILES string of the molecule is C=C(C)C(NC)c1cc(Br)sc1Br. The van der Waals surface area contributed by atoms with Crippen molar-refractivity contribution < 1.29 is 0 Å². The highest BCUT2D eigenvalue weighted by atomic mass is 79.9. The molecule has 13 heavy (non-hydrogen) atoms. The first-order valence-corrected chi connectivity index (χ1v) is 6.24. The Bertz CT molecular complexity index is 319. The molecule has 1 nitrogen and oxygen atoms in total. The molecule has 0 amide bonds. The van der Waals surface area contributed by atoms with E-state index >= 15 is 0 Å². The number of hydrogen-bond donors (Lipinski definition) is 1. The van der Waals surface area contributed by atoms with Gasteiger partial charge in [-0.3, -0.25) is 0 Å². The van der Waals surface area contributed by atoms with Crippen LogP contribution in [0.2, 0.25) is 0 Å². The van der Waals surface area contributed by atoms with E-state index in [-0.39, 0.29) is 6.04 Å². The van der Waals surface area contributed by atoms with E-state index in [0.29, 0.717) is 0 Å². The first kappa shape index (κ1) is 11.4. The van der Waals surface area contributed by atoms with Crippen molar-refractivity contribution in [2.45, 2.75) is 13.0 Å². The third-order valence-corrected chi connectivity index (χ3v) is 4.16. The van der Waals surface area contributed by atoms with E-state index in [2.05, 4.69) is 49.8 Å². The number of thiophene rings is 1. The molecule has 0 bridgehead atoms. The van der Waals surface area contributed by atoms with Crippen LogP contribution in [0.25, 0.3) is 0 Å². The highest BCUT2D eigenvalue weighted by Gasteiger charge is 2.15. The molecule has 0 saturated carbocycles. The molecule has 0 aliphatic rings. The third-order valence-electron chi connectivity index (χ3n) is 1.78. The zero-order valence-electron chi connectivity index (χ0n) is 7.53. The molecule has 0 radical (unpaired) electrons. The van der Waals surface area contributed by atoms with Gasteiger partial charge in [0.15, 0.2) is 0 Å². The van der Waals surface area contributed by atoms with Gasteiger partial charge in [-0.25, -0.2) is 0 Å². The monoisotopic (exact) mass is 323 g/mol. The maximum absolute atomic E-state index is 3.96. The zero-order chi connectivity index (χ0) is 10.0. The van der Waals surface area contributed by atoms with Crippen molar-refractivity contribution in [1.82, 2.24) is 5.32 Å². The van der Waals surface area contributed by atoms with Gasteiger partial charge in [0.1, 0.15) is 0 Å². The molecule has 0 spiro atoms. The predicted octanol–water partition coefficient (Wildman–Crippen LogP) is 4.11. The van der Waals surface area contributed by atoms with Crippen LogP contribution in [0.15, 0.2) is 25.8 Å².